The second-order valence-electron chi connectivity index (χ2n) is 7.31. The lowest BCUT2D eigenvalue weighted by Gasteiger charge is -2.37. The van der Waals surface area contributed by atoms with Crippen molar-refractivity contribution in [2.45, 2.75) is 0 Å². The number of para-hydroxylation sites is 1. The van der Waals surface area contributed by atoms with Crippen molar-refractivity contribution in [1.29, 1.82) is 0 Å². The van der Waals surface area contributed by atoms with Gasteiger partial charge in [0.25, 0.3) is 5.91 Å². The molecule has 0 radical (unpaired) electrons. The molecule has 0 aliphatic carbocycles. The van der Waals surface area contributed by atoms with Gasteiger partial charge in [-0.2, -0.15) is 0 Å². The lowest BCUT2D eigenvalue weighted by atomic mass is 10.2. The average molecular weight is 365 g/mol. The fourth-order valence-corrected chi connectivity index (χ4v) is 3.75. The molecule has 2 aromatic rings. The van der Waals surface area contributed by atoms with Crippen molar-refractivity contribution >= 4 is 17.4 Å². The van der Waals surface area contributed by atoms with E-state index in [0.29, 0.717) is 0 Å². The van der Waals surface area contributed by atoms with Crippen LogP contribution in [0.15, 0.2) is 48.7 Å². The lowest BCUT2D eigenvalue weighted by Crippen LogP contribution is -2.47. The van der Waals surface area contributed by atoms with E-state index in [0.717, 1.165) is 63.7 Å². The Morgan fingerprint density at radius 1 is 0.852 bits per heavy atom. The molecule has 2 aliphatic rings. The topological polar surface area (TPSA) is 42.9 Å². The van der Waals surface area contributed by atoms with Crippen LogP contribution in [0.4, 0.5) is 11.5 Å². The molecule has 0 atom stereocenters. The fraction of sp³-hybridized carbons (Fsp3) is 0.429. The van der Waals surface area contributed by atoms with Gasteiger partial charge < -0.3 is 19.6 Å². The van der Waals surface area contributed by atoms with Crippen LogP contribution in [0.5, 0.6) is 0 Å². The van der Waals surface area contributed by atoms with E-state index in [4.69, 9.17) is 0 Å². The number of carbonyl (C=O) groups excluding carboxylic acids is 1. The zero-order valence-corrected chi connectivity index (χ0v) is 15.9. The number of aromatic nitrogens is 1. The van der Waals surface area contributed by atoms with Gasteiger partial charge in [0.15, 0.2) is 0 Å². The van der Waals surface area contributed by atoms with Crippen LogP contribution in [0.25, 0.3) is 0 Å². The van der Waals surface area contributed by atoms with Crippen LogP contribution in [0, 0.1) is 0 Å². The summed E-state index contributed by atoms with van der Waals surface area (Å²) in [4.78, 5) is 26.2. The number of rotatable bonds is 3. The molecule has 142 valence electrons. The van der Waals surface area contributed by atoms with Crippen molar-refractivity contribution in [3.63, 3.8) is 0 Å². The summed E-state index contributed by atoms with van der Waals surface area (Å²) in [5.41, 5.74) is 2.01. The molecule has 1 aromatic heterocycles. The van der Waals surface area contributed by atoms with Gasteiger partial charge in [0, 0.05) is 69.8 Å². The van der Waals surface area contributed by atoms with Gasteiger partial charge in [0.1, 0.15) is 5.82 Å². The monoisotopic (exact) mass is 365 g/mol. The van der Waals surface area contributed by atoms with Gasteiger partial charge in [-0.15, -0.1) is 0 Å². The third-order valence-electron chi connectivity index (χ3n) is 5.51. The summed E-state index contributed by atoms with van der Waals surface area (Å²) in [6.07, 6.45) is 1.77. The van der Waals surface area contributed by atoms with Gasteiger partial charge in [-0.05, 0) is 31.3 Å². The Balaban J connectivity index is 1.40. The summed E-state index contributed by atoms with van der Waals surface area (Å²) in [6.45, 7) is 7.20. The maximum atomic E-state index is 12.8. The molecule has 0 bridgehead atoms. The van der Waals surface area contributed by atoms with Gasteiger partial charge in [-0.25, -0.2) is 4.98 Å². The molecule has 6 nitrogen and oxygen atoms in total. The standard InChI is InChI=1S/C21H27N5O/c1-23-9-11-26(12-10-23)21(27)18-7-8-22-20(17-18)25-15-13-24(14-16-25)19-5-3-2-4-6-19/h2-8,17H,9-16H2,1H3. The normalized spacial score (nSPS) is 18.6. The second kappa shape index (κ2) is 7.96. The number of hydrogen-bond donors (Lipinski definition) is 0. The number of nitrogens with zero attached hydrogens (tertiary/aromatic N) is 5. The summed E-state index contributed by atoms with van der Waals surface area (Å²) in [5.74, 6) is 1.03. The Bertz CT molecular complexity index is 765. The molecule has 2 saturated heterocycles. The van der Waals surface area contributed by atoms with E-state index in [1.54, 1.807) is 6.20 Å². The summed E-state index contributed by atoms with van der Waals surface area (Å²) in [6, 6.07) is 14.3. The molecule has 0 N–H and O–H groups in total. The van der Waals surface area contributed by atoms with Crippen molar-refractivity contribution in [2.24, 2.45) is 0 Å². The number of pyridine rings is 1. The molecule has 27 heavy (non-hydrogen) atoms. The minimum Gasteiger partial charge on any atom is -0.368 e. The average Bonchev–Trinajstić information content (AvgIpc) is 2.75. The Morgan fingerprint density at radius 2 is 1.52 bits per heavy atom. The molecule has 0 saturated carbocycles. The number of piperazine rings is 2. The SMILES string of the molecule is CN1CCN(C(=O)c2ccnc(N3CCN(c4ccccc4)CC3)c2)CC1. The molecule has 3 heterocycles. The predicted molar refractivity (Wildman–Crippen MR) is 109 cm³/mol. The molecule has 1 aromatic carbocycles. The molecule has 6 heteroatoms. The van der Waals surface area contributed by atoms with Gasteiger partial charge >= 0.3 is 0 Å². The largest absolute Gasteiger partial charge is 0.368 e. The van der Waals surface area contributed by atoms with Gasteiger partial charge in [-0.3, -0.25) is 4.79 Å². The highest BCUT2D eigenvalue weighted by atomic mass is 16.2. The van der Waals surface area contributed by atoms with Crippen LogP contribution in [0.2, 0.25) is 0 Å². The minimum absolute atomic E-state index is 0.120. The van der Waals surface area contributed by atoms with E-state index < -0.39 is 0 Å². The Labute approximate surface area is 161 Å². The van der Waals surface area contributed by atoms with E-state index >= 15 is 0 Å². The van der Waals surface area contributed by atoms with Crippen LogP contribution < -0.4 is 9.80 Å². The van der Waals surface area contributed by atoms with E-state index in [9.17, 15) is 4.79 Å². The minimum atomic E-state index is 0.120. The van der Waals surface area contributed by atoms with Crippen LogP contribution >= 0.6 is 0 Å². The van der Waals surface area contributed by atoms with E-state index in [1.807, 2.05) is 23.1 Å². The molecular formula is C21H27N5O. The summed E-state index contributed by atoms with van der Waals surface area (Å²) in [7, 11) is 2.10. The third kappa shape index (κ3) is 4.06. The Hall–Kier alpha value is -2.60. The van der Waals surface area contributed by atoms with Crippen molar-refractivity contribution in [3.8, 4) is 0 Å². The van der Waals surface area contributed by atoms with Crippen LogP contribution in [0.1, 0.15) is 10.4 Å². The number of carbonyl (C=O) groups is 1. The quantitative estimate of drug-likeness (QED) is 0.830. The number of anilines is 2. The summed E-state index contributed by atoms with van der Waals surface area (Å²) in [5, 5.41) is 0. The van der Waals surface area contributed by atoms with Crippen molar-refractivity contribution in [3.05, 3.63) is 54.2 Å². The van der Waals surface area contributed by atoms with Crippen molar-refractivity contribution in [2.75, 3.05) is 69.2 Å². The number of benzene rings is 1. The first-order chi connectivity index (χ1) is 13.2. The van der Waals surface area contributed by atoms with Gasteiger partial charge in [-0.1, -0.05) is 18.2 Å². The third-order valence-corrected chi connectivity index (χ3v) is 5.51. The van der Waals surface area contributed by atoms with Crippen molar-refractivity contribution in [1.82, 2.24) is 14.8 Å². The predicted octanol–water partition coefficient (Wildman–Crippen LogP) is 1.80. The summed E-state index contributed by atoms with van der Waals surface area (Å²) >= 11 is 0. The second-order valence-corrected chi connectivity index (χ2v) is 7.31. The first kappa shape index (κ1) is 17.8. The van der Waals surface area contributed by atoms with Gasteiger partial charge in [0.05, 0.1) is 0 Å². The molecule has 2 fully saturated rings. The summed E-state index contributed by atoms with van der Waals surface area (Å²) < 4.78 is 0. The Kier molecular flexibility index (Phi) is 5.25. The molecule has 4 rings (SSSR count). The van der Waals surface area contributed by atoms with Crippen LogP contribution in [0.3, 0.4) is 0 Å². The highest BCUT2D eigenvalue weighted by Gasteiger charge is 2.22. The fourth-order valence-electron chi connectivity index (χ4n) is 3.75. The van der Waals surface area contributed by atoms with E-state index in [2.05, 4.69) is 51.0 Å². The first-order valence-corrected chi connectivity index (χ1v) is 9.69. The number of likely N-dealkylation sites (N-methyl/N-ethyl adjacent to an activating group) is 1. The smallest absolute Gasteiger partial charge is 0.254 e. The lowest BCUT2D eigenvalue weighted by molar-refractivity contribution is 0.0664. The zero-order chi connectivity index (χ0) is 18.6. The molecule has 2 aliphatic heterocycles. The molecular weight excluding hydrogens is 338 g/mol. The van der Waals surface area contributed by atoms with Crippen LogP contribution in [-0.4, -0.2) is 80.1 Å². The molecule has 1 amide bonds. The van der Waals surface area contributed by atoms with Crippen molar-refractivity contribution < 1.29 is 4.79 Å². The highest BCUT2D eigenvalue weighted by Crippen LogP contribution is 2.20. The van der Waals surface area contributed by atoms with E-state index in [-0.39, 0.29) is 5.91 Å². The Morgan fingerprint density at radius 3 is 2.22 bits per heavy atom. The van der Waals surface area contributed by atoms with E-state index in [1.165, 1.54) is 5.69 Å². The zero-order valence-electron chi connectivity index (χ0n) is 15.9. The maximum absolute atomic E-state index is 12.8. The van der Waals surface area contributed by atoms with Crippen LogP contribution in [-0.2, 0) is 0 Å². The maximum Gasteiger partial charge on any atom is 0.254 e. The molecule has 0 unspecified atom stereocenters. The molecule has 0 spiro atoms. The number of amides is 1. The van der Waals surface area contributed by atoms with Gasteiger partial charge in [0.2, 0.25) is 0 Å². The first-order valence-electron chi connectivity index (χ1n) is 9.69. The highest BCUT2D eigenvalue weighted by molar-refractivity contribution is 5.95. The number of hydrogen-bond acceptors (Lipinski definition) is 5.